The van der Waals surface area contributed by atoms with Gasteiger partial charge in [0.25, 0.3) is 17.7 Å². The first kappa shape index (κ1) is 44.7. The van der Waals surface area contributed by atoms with Gasteiger partial charge >= 0.3 is 0 Å². The van der Waals surface area contributed by atoms with Gasteiger partial charge in [0.15, 0.2) is 0 Å². The summed E-state index contributed by atoms with van der Waals surface area (Å²) < 4.78 is 20.4. The molecule has 4 aliphatic heterocycles. The van der Waals surface area contributed by atoms with Crippen molar-refractivity contribution < 1.29 is 37.9 Å². The van der Waals surface area contributed by atoms with Crippen LogP contribution in [0.2, 0.25) is 0 Å². The van der Waals surface area contributed by atoms with E-state index in [0.717, 1.165) is 52.7 Å². The fourth-order valence-corrected chi connectivity index (χ4v) is 10.9. The molecule has 1 aromatic heterocycles. The quantitative estimate of drug-likeness (QED) is 0.136. The van der Waals surface area contributed by atoms with Crippen molar-refractivity contribution in [2.75, 3.05) is 54.4 Å². The molecule has 4 aromatic carbocycles. The Labute approximate surface area is 393 Å². The van der Waals surface area contributed by atoms with Crippen molar-refractivity contribution in [1.82, 2.24) is 20.1 Å². The minimum atomic E-state index is -1.03. The number of imide groups is 2. The molecule has 15 heteroatoms. The topological polar surface area (TPSA) is 162 Å². The maximum absolute atomic E-state index is 14.1. The fourth-order valence-electron chi connectivity index (χ4n) is 10.9. The number of carbonyl (C=O) groups excluding carboxylic acids is 6. The minimum absolute atomic E-state index is 0.00395. The van der Waals surface area contributed by atoms with E-state index in [4.69, 9.17) is 4.74 Å². The van der Waals surface area contributed by atoms with Crippen LogP contribution in [0.1, 0.15) is 101 Å². The van der Waals surface area contributed by atoms with Gasteiger partial charge in [0.1, 0.15) is 23.7 Å². The Morgan fingerprint density at radius 3 is 2.26 bits per heavy atom. The third-order valence-corrected chi connectivity index (χ3v) is 14.7. The lowest BCUT2D eigenvalue weighted by molar-refractivity contribution is -0.136. The number of amides is 6. The molecule has 68 heavy (non-hydrogen) atoms. The molecule has 5 aliphatic rings. The van der Waals surface area contributed by atoms with Gasteiger partial charge in [-0.05, 0) is 128 Å². The molecule has 350 valence electrons. The van der Waals surface area contributed by atoms with Gasteiger partial charge in [-0.2, -0.15) is 0 Å². The number of ether oxygens (including phenoxy) is 1. The number of aromatic nitrogens is 1. The van der Waals surface area contributed by atoms with E-state index in [1.54, 1.807) is 30.5 Å². The number of nitrogens with one attached hydrogen (secondary N) is 2. The highest BCUT2D eigenvalue weighted by Gasteiger charge is 2.46. The van der Waals surface area contributed by atoms with E-state index in [-0.39, 0.29) is 59.5 Å². The van der Waals surface area contributed by atoms with Crippen molar-refractivity contribution in [2.24, 2.45) is 11.8 Å². The molecule has 10 rings (SSSR count). The normalized spacial score (nSPS) is 21.7. The van der Waals surface area contributed by atoms with Crippen LogP contribution in [0.4, 0.5) is 21.5 Å². The molecule has 2 N–H and O–H groups in total. The molecule has 5 heterocycles. The summed E-state index contributed by atoms with van der Waals surface area (Å²) in [4.78, 5) is 90.2. The van der Waals surface area contributed by atoms with Gasteiger partial charge in [0, 0.05) is 93.0 Å². The lowest BCUT2D eigenvalue weighted by atomic mass is 9.73. The number of anilines is 3. The summed E-state index contributed by atoms with van der Waals surface area (Å²) in [6.07, 6.45) is 7.00. The molecule has 1 aliphatic carbocycles. The summed E-state index contributed by atoms with van der Waals surface area (Å²) in [6.45, 7) is 5.49. The van der Waals surface area contributed by atoms with Gasteiger partial charge in [-0.15, -0.1) is 0 Å². The van der Waals surface area contributed by atoms with E-state index in [0.29, 0.717) is 80.7 Å². The van der Waals surface area contributed by atoms with E-state index in [1.165, 1.54) is 6.07 Å². The van der Waals surface area contributed by atoms with Gasteiger partial charge in [0.2, 0.25) is 17.7 Å². The number of fused-ring (bicyclic) bond motifs is 2. The number of piperazine rings is 1. The van der Waals surface area contributed by atoms with Gasteiger partial charge in [0.05, 0.1) is 22.3 Å². The zero-order chi connectivity index (χ0) is 47.1. The smallest absolute Gasteiger partial charge is 0.264 e. The van der Waals surface area contributed by atoms with Crippen molar-refractivity contribution in [1.29, 1.82) is 0 Å². The van der Waals surface area contributed by atoms with Crippen molar-refractivity contribution in [3.8, 4) is 5.75 Å². The number of piperidine rings is 2. The second-order valence-corrected chi connectivity index (χ2v) is 18.8. The first-order valence-corrected chi connectivity index (χ1v) is 23.8. The number of likely N-dealkylation sites (tertiary alicyclic amines) is 1. The Bertz CT molecular complexity index is 2800. The Kier molecular flexibility index (Phi) is 12.4. The van der Waals surface area contributed by atoms with E-state index < -0.39 is 29.7 Å². The Morgan fingerprint density at radius 1 is 0.779 bits per heavy atom. The van der Waals surface area contributed by atoms with Crippen LogP contribution in [-0.2, 0) is 14.4 Å². The van der Waals surface area contributed by atoms with E-state index >= 15 is 0 Å². The highest BCUT2D eigenvalue weighted by Crippen LogP contribution is 2.41. The van der Waals surface area contributed by atoms with Crippen molar-refractivity contribution in [2.45, 2.75) is 76.4 Å². The first-order chi connectivity index (χ1) is 33.0. The molecule has 14 nitrogen and oxygen atoms in total. The average Bonchev–Trinajstić information content (AvgIpc) is 3.62. The number of nitrogens with zero attached hydrogens (tertiary/aromatic N) is 5. The first-order valence-electron chi connectivity index (χ1n) is 23.8. The maximum atomic E-state index is 14.1. The second-order valence-electron chi connectivity index (χ2n) is 18.8. The van der Waals surface area contributed by atoms with Crippen LogP contribution >= 0.6 is 0 Å². The molecule has 0 radical (unpaired) electrons. The van der Waals surface area contributed by atoms with Crippen LogP contribution in [0.5, 0.6) is 5.75 Å². The molecule has 2 atom stereocenters. The lowest BCUT2D eigenvalue weighted by Crippen LogP contribution is -2.54. The van der Waals surface area contributed by atoms with Crippen LogP contribution in [0.3, 0.4) is 0 Å². The standard InChI is InChI=1S/C53H54FN7O7/c1-32(33-8-10-34(11-9-33)41-20-23-55-44-17-12-36(54)31-43(41)44)49(63)56-37-13-15-39(16-14-37)68-40-21-24-60(25-22-40)51(65)35-4-2-5-38(30-35)58-26-28-59(29-27-58)45-7-3-6-42-48(45)53(67)61(52(42)66)46-18-19-47(62)57-50(46)64/h2-7,12-17,20,23,30-34,40,46H,8-11,18-19,21-22,24-29H2,1H3,(H,56,63)(H,57,62,64)/t32-,33-,34+,46?/m1/s1. The number of hydrogen-bond donors (Lipinski definition) is 2. The second kappa shape index (κ2) is 18.8. The maximum Gasteiger partial charge on any atom is 0.264 e. The average molecular weight is 920 g/mol. The molecule has 1 unspecified atom stereocenters. The van der Waals surface area contributed by atoms with Crippen LogP contribution in [0, 0.1) is 17.7 Å². The summed E-state index contributed by atoms with van der Waals surface area (Å²) in [7, 11) is 0. The summed E-state index contributed by atoms with van der Waals surface area (Å²) in [5, 5.41) is 6.22. The van der Waals surface area contributed by atoms with E-state index in [2.05, 4.69) is 25.4 Å². The molecule has 5 aromatic rings. The Balaban J connectivity index is 0.677. The summed E-state index contributed by atoms with van der Waals surface area (Å²) in [6, 6.07) is 26.1. The van der Waals surface area contributed by atoms with Crippen molar-refractivity contribution in [3.05, 3.63) is 125 Å². The molecule has 3 saturated heterocycles. The third kappa shape index (κ3) is 8.89. The lowest BCUT2D eigenvalue weighted by Gasteiger charge is -2.38. The largest absolute Gasteiger partial charge is 0.490 e. The van der Waals surface area contributed by atoms with Crippen LogP contribution in [0.25, 0.3) is 10.9 Å². The summed E-state index contributed by atoms with van der Waals surface area (Å²) in [5.41, 5.74) is 5.37. The molecule has 6 amide bonds. The molecule has 4 fully saturated rings. The fraction of sp³-hybridized carbons (Fsp3) is 0.377. The zero-order valence-electron chi connectivity index (χ0n) is 38.0. The Hall–Kier alpha value is -7.16. The number of halogens is 1. The highest BCUT2D eigenvalue weighted by molar-refractivity contribution is 6.25. The van der Waals surface area contributed by atoms with Gasteiger partial charge < -0.3 is 24.8 Å². The highest BCUT2D eigenvalue weighted by atomic mass is 19.1. The molecular formula is C53H54FN7O7. The number of carbonyl (C=O) groups is 6. The minimum Gasteiger partial charge on any atom is -0.490 e. The van der Waals surface area contributed by atoms with Gasteiger partial charge in [-0.25, -0.2) is 4.39 Å². The van der Waals surface area contributed by atoms with E-state index in [9.17, 15) is 33.2 Å². The number of rotatable bonds is 10. The predicted octanol–water partition coefficient (Wildman–Crippen LogP) is 7.33. The van der Waals surface area contributed by atoms with Gasteiger partial charge in [-0.3, -0.25) is 44.0 Å². The number of pyridine rings is 1. The monoisotopic (exact) mass is 919 g/mol. The Morgan fingerprint density at radius 2 is 1.51 bits per heavy atom. The summed E-state index contributed by atoms with van der Waals surface area (Å²) in [5.74, 6) is -1.26. The summed E-state index contributed by atoms with van der Waals surface area (Å²) >= 11 is 0. The van der Waals surface area contributed by atoms with Crippen LogP contribution in [0.15, 0.2) is 97.2 Å². The van der Waals surface area contributed by atoms with Crippen LogP contribution in [-0.4, -0.2) is 102 Å². The van der Waals surface area contributed by atoms with Crippen molar-refractivity contribution in [3.63, 3.8) is 0 Å². The SMILES string of the molecule is C[C@@H](C(=O)Nc1ccc(OC2CCN(C(=O)c3cccc(N4CCN(c5cccc6c5C(=O)N(C5CCC(=O)NC5=O)C6=O)CC4)c3)CC2)cc1)[C@H]1CC[C@@H](c2ccnc3ccc(F)cc32)CC1. The molecule has 1 saturated carbocycles. The van der Waals surface area contributed by atoms with E-state index in [1.807, 2.05) is 72.5 Å². The van der Waals surface area contributed by atoms with Gasteiger partial charge in [-0.1, -0.05) is 19.1 Å². The number of benzene rings is 4. The third-order valence-electron chi connectivity index (χ3n) is 14.7. The van der Waals surface area contributed by atoms with Crippen molar-refractivity contribution >= 4 is 63.4 Å². The predicted molar refractivity (Wildman–Crippen MR) is 254 cm³/mol. The number of hydrogen-bond acceptors (Lipinski definition) is 10. The van der Waals surface area contributed by atoms with Crippen LogP contribution < -0.4 is 25.2 Å². The molecule has 0 spiro atoms. The zero-order valence-corrected chi connectivity index (χ0v) is 38.0. The molecule has 0 bridgehead atoms. The molecular weight excluding hydrogens is 866 g/mol.